The van der Waals surface area contributed by atoms with Gasteiger partial charge in [-0.2, -0.15) is 0 Å². The van der Waals surface area contributed by atoms with Crippen LogP contribution < -0.4 is 5.32 Å². The van der Waals surface area contributed by atoms with E-state index in [2.05, 4.69) is 25.2 Å². The number of aliphatic hydroxyl groups excluding tert-OH is 1. The van der Waals surface area contributed by atoms with Crippen LogP contribution in [-0.2, 0) is 9.59 Å². The van der Waals surface area contributed by atoms with Crippen LogP contribution in [0.1, 0.15) is 78.6 Å². The highest BCUT2D eigenvalue weighted by atomic mass is 16.4. The minimum Gasteiger partial charge on any atom is -0.481 e. The van der Waals surface area contributed by atoms with Gasteiger partial charge in [-0.05, 0) is 85.9 Å². The van der Waals surface area contributed by atoms with Crippen LogP contribution in [0.25, 0.3) is 0 Å². The summed E-state index contributed by atoms with van der Waals surface area (Å²) in [6, 6.07) is 0. The standard InChI is InChI=1S/C25H39NO4/c1-15(23(30)26-13-10-22(28)29)19-6-7-20-18-5-4-16-14-17(27)8-11-24(16,2)21(18)9-12-25(19,20)3/h4,15,17-21,27H,5-14H2,1-3H3,(H,26,30)(H,28,29)/t15-,17-,18?,19+,20-,21-,24-,25+/m0/s1. The minimum absolute atomic E-state index is 0.0179. The predicted octanol–water partition coefficient (Wildman–Crippen LogP) is 4.15. The zero-order valence-corrected chi connectivity index (χ0v) is 18.8. The normalized spacial score (nSPS) is 43.6. The highest BCUT2D eigenvalue weighted by molar-refractivity contribution is 5.79. The fourth-order valence-corrected chi connectivity index (χ4v) is 8.14. The largest absolute Gasteiger partial charge is 0.481 e. The van der Waals surface area contributed by atoms with E-state index in [0.29, 0.717) is 23.7 Å². The molecule has 0 heterocycles. The molecule has 0 aliphatic heterocycles. The van der Waals surface area contributed by atoms with Crippen molar-refractivity contribution in [2.75, 3.05) is 6.54 Å². The third-order valence-corrected chi connectivity index (χ3v) is 9.81. The Morgan fingerprint density at radius 3 is 2.67 bits per heavy atom. The van der Waals surface area contributed by atoms with E-state index in [0.717, 1.165) is 32.1 Å². The van der Waals surface area contributed by atoms with Gasteiger partial charge in [-0.1, -0.05) is 32.4 Å². The molecule has 5 nitrogen and oxygen atoms in total. The molecule has 0 aromatic carbocycles. The van der Waals surface area contributed by atoms with Crippen LogP contribution in [0, 0.1) is 40.4 Å². The van der Waals surface area contributed by atoms with Crippen LogP contribution in [-0.4, -0.2) is 34.7 Å². The monoisotopic (exact) mass is 417 g/mol. The summed E-state index contributed by atoms with van der Waals surface area (Å²) in [7, 11) is 0. The molecule has 30 heavy (non-hydrogen) atoms. The van der Waals surface area contributed by atoms with Crippen molar-refractivity contribution in [1.29, 1.82) is 0 Å². The number of fused-ring (bicyclic) bond motifs is 5. The first-order chi connectivity index (χ1) is 14.2. The topological polar surface area (TPSA) is 86.6 Å². The summed E-state index contributed by atoms with van der Waals surface area (Å²) < 4.78 is 0. The number of rotatable bonds is 5. The van der Waals surface area contributed by atoms with E-state index in [-0.39, 0.29) is 41.7 Å². The van der Waals surface area contributed by atoms with E-state index < -0.39 is 5.97 Å². The SMILES string of the molecule is C[C@H](C(=O)NCCC(=O)O)[C@H]1CC[C@H]2C3CC=C4C[C@@H](O)CC[C@]4(C)[C@H]3CC[C@]12C. The van der Waals surface area contributed by atoms with Crippen molar-refractivity contribution < 1.29 is 19.8 Å². The second kappa shape index (κ2) is 7.96. The number of carboxylic acids is 1. The van der Waals surface area contributed by atoms with E-state index in [9.17, 15) is 14.7 Å². The first kappa shape index (κ1) is 21.9. The number of carbonyl (C=O) groups excluding carboxylic acids is 1. The summed E-state index contributed by atoms with van der Waals surface area (Å²) >= 11 is 0. The van der Waals surface area contributed by atoms with Crippen LogP contribution in [0.2, 0.25) is 0 Å². The quantitative estimate of drug-likeness (QED) is 0.587. The molecule has 0 saturated heterocycles. The Balaban J connectivity index is 1.49. The van der Waals surface area contributed by atoms with Crippen molar-refractivity contribution in [2.45, 2.75) is 84.7 Å². The number of hydrogen-bond donors (Lipinski definition) is 3. The molecule has 1 amide bonds. The average Bonchev–Trinajstić information content (AvgIpc) is 3.04. The molecule has 0 radical (unpaired) electrons. The van der Waals surface area contributed by atoms with Crippen molar-refractivity contribution in [3.8, 4) is 0 Å². The molecule has 0 aromatic rings. The summed E-state index contributed by atoms with van der Waals surface area (Å²) in [6.07, 6.45) is 11.0. The molecule has 4 aliphatic rings. The Morgan fingerprint density at radius 1 is 1.17 bits per heavy atom. The molecule has 8 atom stereocenters. The maximum absolute atomic E-state index is 12.7. The zero-order valence-electron chi connectivity index (χ0n) is 18.8. The molecule has 0 bridgehead atoms. The number of nitrogens with one attached hydrogen (secondary N) is 1. The molecule has 1 unspecified atom stereocenters. The molecular weight excluding hydrogens is 378 g/mol. The molecule has 3 fully saturated rings. The number of aliphatic carboxylic acids is 1. The first-order valence-corrected chi connectivity index (χ1v) is 12.0. The molecule has 4 aliphatic carbocycles. The summed E-state index contributed by atoms with van der Waals surface area (Å²) in [5.74, 6) is 1.52. The van der Waals surface area contributed by atoms with E-state index >= 15 is 0 Å². The number of amides is 1. The fraction of sp³-hybridized carbons (Fsp3) is 0.840. The van der Waals surface area contributed by atoms with Gasteiger partial charge in [0.25, 0.3) is 0 Å². The highest BCUT2D eigenvalue weighted by Gasteiger charge is 2.59. The van der Waals surface area contributed by atoms with Crippen molar-refractivity contribution >= 4 is 11.9 Å². The molecule has 4 rings (SSSR count). The van der Waals surface area contributed by atoms with Gasteiger partial charge >= 0.3 is 5.97 Å². The summed E-state index contributed by atoms with van der Waals surface area (Å²) in [4.78, 5) is 23.5. The fourth-order valence-electron chi connectivity index (χ4n) is 8.14. The lowest BCUT2D eigenvalue weighted by atomic mass is 9.47. The van der Waals surface area contributed by atoms with Gasteiger partial charge in [0, 0.05) is 12.5 Å². The number of allylic oxidation sites excluding steroid dienone is 1. The Bertz CT molecular complexity index is 733. The zero-order chi connectivity index (χ0) is 21.7. The highest BCUT2D eigenvalue weighted by Crippen LogP contribution is 2.67. The van der Waals surface area contributed by atoms with E-state index in [1.807, 2.05) is 6.92 Å². The van der Waals surface area contributed by atoms with Gasteiger partial charge in [0.1, 0.15) is 0 Å². The van der Waals surface area contributed by atoms with Crippen LogP contribution in [0.15, 0.2) is 11.6 Å². The van der Waals surface area contributed by atoms with Crippen LogP contribution in [0.5, 0.6) is 0 Å². The lowest BCUT2D eigenvalue weighted by Gasteiger charge is -2.58. The van der Waals surface area contributed by atoms with Crippen molar-refractivity contribution in [3.05, 3.63) is 11.6 Å². The maximum Gasteiger partial charge on any atom is 0.305 e. The van der Waals surface area contributed by atoms with E-state index in [1.54, 1.807) is 0 Å². The maximum atomic E-state index is 12.7. The first-order valence-electron chi connectivity index (χ1n) is 12.0. The predicted molar refractivity (Wildman–Crippen MR) is 116 cm³/mol. The van der Waals surface area contributed by atoms with Crippen molar-refractivity contribution in [2.24, 2.45) is 40.4 Å². The lowest BCUT2D eigenvalue weighted by Crippen LogP contribution is -2.51. The van der Waals surface area contributed by atoms with Crippen LogP contribution >= 0.6 is 0 Å². The van der Waals surface area contributed by atoms with Crippen molar-refractivity contribution in [1.82, 2.24) is 5.32 Å². The Kier molecular flexibility index (Phi) is 5.80. The van der Waals surface area contributed by atoms with Gasteiger partial charge in [0.05, 0.1) is 12.5 Å². The van der Waals surface area contributed by atoms with E-state index in [4.69, 9.17) is 5.11 Å². The molecule has 0 aromatic heterocycles. The van der Waals surface area contributed by atoms with Crippen LogP contribution in [0.4, 0.5) is 0 Å². The van der Waals surface area contributed by atoms with E-state index in [1.165, 1.54) is 24.8 Å². The molecule has 3 N–H and O–H groups in total. The molecule has 168 valence electrons. The van der Waals surface area contributed by atoms with Gasteiger partial charge in [0.2, 0.25) is 5.91 Å². The van der Waals surface area contributed by atoms with Gasteiger partial charge < -0.3 is 15.5 Å². The van der Waals surface area contributed by atoms with Crippen LogP contribution in [0.3, 0.4) is 0 Å². The number of hydrogen-bond acceptors (Lipinski definition) is 3. The number of aliphatic hydroxyl groups is 1. The minimum atomic E-state index is -0.873. The smallest absolute Gasteiger partial charge is 0.305 e. The summed E-state index contributed by atoms with van der Waals surface area (Å²) in [5, 5.41) is 21.9. The Hall–Kier alpha value is -1.36. The second-order valence-electron chi connectivity index (χ2n) is 11.1. The Morgan fingerprint density at radius 2 is 1.93 bits per heavy atom. The average molecular weight is 418 g/mol. The van der Waals surface area contributed by atoms with Gasteiger partial charge in [-0.25, -0.2) is 0 Å². The molecule has 0 spiro atoms. The number of carbonyl (C=O) groups is 2. The van der Waals surface area contributed by atoms with Gasteiger partial charge in [0.15, 0.2) is 0 Å². The Labute approximate surface area is 180 Å². The summed E-state index contributed by atoms with van der Waals surface area (Å²) in [6.45, 7) is 7.14. The molecule has 5 heteroatoms. The molecule has 3 saturated carbocycles. The molecular formula is C25H39NO4. The lowest BCUT2D eigenvalue weighted by molar-refractivity contribution is -0.137. The number of carboxylic acid groups (broad SMARTS) is 1. The second-order valence-corrected chi connectivity index (χ2v) is 11.1. The summed E-state index contributed by atoms with van der Waals surface area (Å²) in [5.41, 5.74) is 1.95. The third-order valence-electron chi connectivity index (χ3n) is 9.81. The third kappa shape index (κ3) is 3.51. The van der Waals surface area contributed by atoms with Gasteiger partial charge in [-0.15, -0.1) is 0 Å². The van der Waals surface area contributed by atoms with Gasteiger partial charge in [-0.3, -0.25) is 9.59 Å². The van der Waals surface area contributed by atoms with Crippen molar-refractivity contribution in [3.63, 3.8) is 0 Å².